The summed E-state index contributed by atoms with van der Waals surface area (Å²) in [5.74, 6) is 0.655. The first-order chi connectivity index (χ1) is 9.00. The monoisotopic (exact) mass is 343 g/mol. The van der Waals surface area contributed by atoms with E-state index in [-0.39, 0.29) is 11.3 Å². The Hall–Kier alpha value is -0.540. The number of nitrogens with zero attached hydrogens (tertiary/aromatic N) is 1. The Morgan fingerprint density at radius 1 is 1.42 bits per heavy atom. The molecule has 4 heteroatoms. The van der Waals surface area contributed by atoms with Crippen LogP contribution in [0.1, 0.15) is 35.7 Å². The van der Waals surface area contributed by atoms with Gasteiger partial charge in [-0.2, -0.15) is 0 Å². The Kier molecular flexibility index (Phi) is 4.91. The fraction of sp³-hybridized carbons (Fsp3) is 0.533. The summed E-state index contributed by atoms with van der Waals surface area (Å²) in [5.41, 5.74) is 1.85. The third-order valence-electron chi connectivity index (χ3n) is 3.90. The van der Waals surface area contributed by atoms with Crippen molar-refractivity contribution in [3.63, 3.8) is 0 Å². The number of hydrogen-bond donors (Lipinski definition) is 0. The summed E-state index contributed by atoms with van der Waals surface area (Å²) in [6.07, 6.45) is 2.00. The van der Waals surface area contributed by atoms with E-state index in [0.717, 1.165) is 41.5 Å². The van der Waals surface area contributed by atoms with E-state index < -0.39 is 0 Å². The van der Waals surface area contributed by atoms with E-state index in [1.165, 1.54) is 0 Å². The Morgan fingerprint density at radius 2 is 2.05 bits per heavy atom. The van der Waals surface area contributed by atoms with Gasteiger partial charge in [0.1, 0.15) is 0 Å². The number of likely N-dealkylation sites (tertiary alicyclic amines) is 1. The second-order valence-corrected chi connectivity index (χ2v) is 6.73. The van der Waals surface area contributed by atoms with E-state index in [4.69, 9.17) is 11.6 Å². The molecule has 0 saturated carbocycles. The lowest BCUT2D eigenvalue weighted by Gasteiger charge is -2.33. The highest BCUT2D eigenvalue weighted by Gasteiger charge is 2.26. The molecule has 0 N–H and O–H groups in total. The molecule has 1 unspecified atom stereocenters. The number of alkyl halides is 1. The highest BCUT2D eigenvalue weighted by molar-refractivity contribution is 9.10. The Balaban J connectivity index is 2.07. The fourth-order valence-electron chi connectivity index (χ4n) is 2.54. The van der Waals surface area contributed by atoms with Crippen LogP contribution in [0, 0.1) is 12.8 Å². The molecule has 1 heterocycles. The van der Waals surface area contributed by atoms with Crippen molar-refractivity contribution in [2.75, 3.05) is 13.1 Å². The van der Waals surface area contributed by atoms with Crippen LogP contribution < -0.4 is 0 Å². The van der Waals surface area contributed by atoms with Gasteiger partial charge in [0.15, 0.2) is 0 Å². The van der Waals surface area contributed by atoms with Crippen molar-refractivity contribution < 1.29 is 4.79 Å². The van der Waals surface area contributed by atoms with Crippen LogP contribution in [-0.4, -0.2) is 29.3 Å². The molecule has 0 spiro atoms. The number of benzene rings is 1. The Labute approximate surface area is 128 Å². The summed E-state index contributed by atoms with van der Waals surface area (Å²) in [7, 11) is 0. The van der Waals surface area contributed by atoms with Gasteiger partial charge in [0.05, 0.1) is 5.56 Å². The van der Waals surface area contributed by atoms with Crippen molar-refractivity contribution in [1.82, 2.24) is 4.90 Å². The van der Waals surface area contributed by atoms with Gasteiger partial charge in [-0.1, -0.05) is 12.1 Å². The molecule has 2 rings (SSSR count). The Morgan fingerprint density at radius 3 is 2.63 bits per heavy atom. The van der Waals surface area contributed by atoms with E-state index in [1.807, 2.05) is 36.9 Å². The summed E-state index contributed by atoms with van der Waals surface area (Å²) in [4.78, 5) is 14.5. The number of carbonyl (C=O) groups excluding carboxylic acids is 1. The number of halogens is 2. The molecule has 1 amide bonds. The molecule has 0 radical (unpaired) electrons. The molecule has 19 heavy (non-hydrogen) atoms. The van der Waals surface area contributed by atoms with Crippen molar-refractivity contribution in [2.45, 2.75) is 32.1 Å². The van der Waals surface area contributed by atoms with Crippen molar-refractivity contribution in [2.24, 2.45) is 5.92 Å². The lowest BCUT2D eigenvalue weighted by molar-refractivity contribution is 0.0689. The first-order valence-corrected chi connectivity index (χ1v) is 7.92. The molecule has 1 aromatic carbocycles. The predicted octanol–water partition coefficient (Wildman–Crippen LogP) is 4.24. The standard InChI is InChI=1S/C15H19BrClNO/c1-10-4-3-5-13(14(10)16)15(19)18-8-6-12(7-9-18)11(2)17/h3-5,11-12H,6-9H2,1-2H3. The fourth-order valence-corrected chi connectivity index (χ4v) is 3.23. The van der Waals surface area contributed by atoms with Crippen LogP contribution in [0.5, 0.6) is 0 Å². The first kappa shape index (κ1) is 14.9. The van der Waals surface area contributed by atoms with Gasteiger partial charge in [-0.05, 0) is 60.2 Å². The molecule has 104 valence electrons. The van der Waals surface area contributed by atoms with E-state index in [1.54, 1.807) is 0 Å². The number of carbonyl (C=O) groups is 1. The topological polar surface area (TPSA) is 20.3 Å². The molecule has 1 aliphatic heterocycles. The van der Waals surface area contributed by atoms with Crippen LogP contribution in [0.4, 0.5) is 0 Å². The lowest BCUT2D eigenvalue weighted by atomic mass is 9.93. The lowest BCUT2D eigenvalue weighted by Crippen LogP contribution is -2.40. The van der Waals surface area contributed by atoms with Crippen molar-refractivity contribution in [3.05, 3.63) is 33.8 Å². The van der Waals surface area contributed by atoms with Gasteiger partial charge in [0.25, 0.3) is 5.91 Å². The molecule has 0 aliphatic carbocycles. The number of piperidine rings is 1. The molecule has 1 aromatic rings. The molecule has 2 nitrogen and oxygen atoms in total. The maximum absolute atomic E-state index is 12.5. The van der Waals surface area contributed by atoms with Gasteiger partial charge in [-0.15, -0.1) is 11.6 Å². The number of amides is 1. The Bertz CT molecular complexity index is 467. The smallest absolute Gasteiger partial charge is 0.255 e. The normalized spacial score (nSPS) is 18.4. The summed E-state index contributed by atoms with van der Waals surface area (Å²) in [5, 5.41) is 0.197. The van der Waals surface area contributed by atoms with Gasteiger partial charge < -0.3 is 4.90 Å². The average Bonchev–Trinajstić information content (AvgIpc) is 2.41. The minimum absolute atomic E-state index is 0.122. The van der Waals surface area contributed by atoms with Gasteiger partial charge in [-0.25, -0.2) is 0 Å². The first-order valence-electron chi connectivity index (χ1n) is 6.69. The van der Waals surface area contributed by atoms with Gasteiger partial charge >= 0.3 is 0 Å². The molecule has 0 bridgehead atoms. The summed E-state index contributed by atoms with van der Waals surface area (Å²) >= 11 is 9.65. The summed E-state index contributed by atoms with van der Waals surface area (Å²) in [6, 6.07) is 5.82. The third kappa shape index (κ3) is 3.32. The molecule has 1 aliphatic rings. The molecular formula is C15H19BrClNO. The van der Waals surface area contributed by atoms with Gasteiger partial charge in [0, 0.05) is 22.9 Å². The van der Waals surface area contributed by atoms with Crippen LogP contribution in [0.3, 0.4) is 0 Å². The minimum atomic E-state index is 0.122. The second-order valence-electron chi connectivity index (χ2n) is 5.24. The largest absolute Gasteiger partial charge is 0.339 e. The molecule has 1 atom stereocenters. The number of aryl methyl sites for hydroxylation is 1. The van der Waals surface area contributed by atoms with E-state index in [9.17, 15) is 4.79 Å². The summed E-state index contributed by atoms with van der Waals surface area (Å²) < 4.78 is 0.910. The molecular weight excluding hydrogens is 326 g/mol. The van der Waals surface area contributed by atoms with E-state index >= 15 is 0 Å². The zero-order valence-corrected chi connectivity index (χ0v) is 13.7. The molecule has 0 aromatic heterocycles. The second kappa shape index (κ2) is 6.27. The van der Waals surface area contributed by atoms with Crippen LogP contribution in [0.25, 0.3) is 0 Å². The van der Waals surface area contributed by atoms with Crippen LogP contribution in [0.15, 0.2) is 22.7 Å². The maximum Gasteiger partial charge on any atom is 0.255 e. The third-order valence-corrected chi connectivity index (χ3v) is 5.31. The van der Waals surface area contributed by atoms with Crippen LogP contribution in [-0.2, 0) is 0 Å². The maximum atomic E-state index is 12.5. The van der Waals surface area contributed by atoms with Crippen molar-refractivity contribution in [3.8, 4) is 0 Å². The highest BCUT2D eigenvalue weighted by atomic mass is 79.9. The predicted molar refractivity (Wildman–Crippen MR) is 82.8 cm³/mol. The zero-order valence-electron chi connectivity index (χ0n) is 11.3. The van der Waals surface area contributed by atoms with E-state index in [2.05, 4.69) is 15.9 Å². The minimum Gasteiger partial charge on any atom is -0.339 e. The highest BCUT2D eigenvalue weighted by Crippen LogP contribution is 2.27. The van der Waals surface area contributed by atoms with Gasteiger partial charge in [-0.3, -0.25) is 4.79 Å². The zero-order chi connectivity index (χ0) is 14.0. The van der Waals surface area contributed by atoms with Crippen LogP contribution in [0.2, 0.25) is 0 Å². The quantitative estimate of drug-likeness (QED) is 0.735. The number of rotatable bonds is 2. The summed E-state index contributed by atoms with van der Waals surface area (Å²) in [6.45, 7) is 5.66. The SMILES string of the molecule is Cc1cccc(C(=O)N2CCC(C(C)Cl)CC2)c1Br. The van der Waals surface area contributed by atoms with Gasteiger partial charge in [0.2, 0.25) is 0 Å². The van der Waals surface area contributed by atoms with E-state index in [0.29, 0.717) is 5.92 Å². The van der Waals surface area contributed by atoms with Crippen LogP contribution >= 0.6 is 27.5 Å². The molecule has 1 fully saturated rings. The average molecular weight is 345 g/mol. The van der Waals surface area contributed by atoms with Crippen molar-refractivity contribution in [1.29, 1.82) is 0 Å². The van der Waals surface area contributed by atoms with Crippen molar-refractivity contribution >= 4 is 33.4 Å². The number of hydrogen-bond acceptors (Lipinski definition) is 1. The molecule has 1 saturated heterocycles.